The van der Waals surface area contributed by atoms with Gasteiger partial charge < -0.3 is 19.7 Å². The molecule has 2 rings (SSSR count). The average molecular weight is 351 g/mol. The number of nitrogens with one attached hydrogen (secondary N) is 1. The van der Waals surface area contributed by atoms with Crippen molar-refractivity contribution in [2.45, 2.75) is 26.5 Å². The lowest BCUT2D eigenvalue weighted by Crippen LogP contribution is -2.34. The Morgan fingerprint density at radius 1 is 1.35 bits per heavy atom. The fourth-order valence-electron chi connectivity index (χ4n) is 3.03. The fraction of sp³-hybridized carbons (Fsp3) is 0.625. The predicted octanol–water partition coefficient (Wildman–Crippen LogP) is 3.15. The number of hydrogen-bond acceptors (Lipinski definition) is 4. The molecule has 1 aliphatic rings. The van der Waals surface area contributed by atoms with Gasteiger partial charge in [-0.3, -0.25) is 0 Å². The Morgan fingerprint density at radius 2 is 2.09 bits per heavy atom. The normalized spacial score (nSPS) is 20.7. The van der Waals surface area contributed by atoms with Crippen molar-refractivity contribution in [2.75, 3.05) is 33.8 Å². The van der Waals surface area contributed by atoms with E-state index in [0.717, 1.165) is 31.6 Å². The lowest BCUT2D eigenvalue weighted by atomic mass is 9.89. The third-order valence-corrected chi connectivity index (χ3v) is 4.01. The third-order valence-electron chi connectivity index (χ3n) is 4.01. The second-order valence-corrected chi connectivity index (χ2v) is 6.27. The summed E-state index contributed by atoms with van der Waals surface area (Å²) in [5.74, 6) is 0.399. The van der Waals surface area contributed by atoms with Gasteiger partial charge in [-0.15, -0.1) is 12.4 Å². The summed E-state index contributed by atoms with van der Waals surface area (Å²) >= 11 is 0. The van der Waals surface area contributed by atoms with Gasteiger partial charge in [0.05, 0.1) is 7.11 Å². The highest BCUT2D eigenvalue weighted by Crippen LogP contribution is 2.30. The summed E-state index contributed by atoms with van der Waals surface area (Å²) in [4.78, 5) is 2.21. The van der Waals surface area contributed by atoms with E-state index in [-0.39, 0.29) is 23.6 Å². The summed E-state index contributed by atoms with van der Waals surface area (Å²) in [5.41, 5.74) is 1.19. The van der Waals surface area contributed by atoms with E-state index in [0.29, 0.717) is 12.3 Å². The molecule has 1 unspecified atom stereocenters. The summed E-state index contributed by atoms with van der Waals surface area (Å²) in [6.07, 6.45) is 1.15. The van der Waals surface area contributed by atoms with Crippen molar-refractivity contribution >= 4 is 12.4 Å². The molecule has 0 aromatic heterocycles. The van der Waals surface area contributed by atoms with Gasteiger partial charge in [-0.1, -0.05) is 13.0 Å². The molecule has 1 aromatic carbocycles. The van der Waals surface area contributed by atoms with Crippen molar-refractivity contribution in [3.05, 3.63) is 23.8 Å². The SMILES string of the molecule is COc1ccc(CN(C)CC2(C)CCNC2)cc1OC(F)F.Cl. The van der Waals surface area contributed by atoms with Crippen molar-refractivity contribution in [3.63, 3.8) is 0 Å². The van der Waals surface area contributed by atoms with E-state index in [1.54, 1.807) is 12.1 Å². The van der Waals surface area contributed by atoms with Crippen LogP contribution in [0.15, 0.2) is 18.2 Å². The summed E-state index contributed by atoms with van der Waals surface area (Å²) in [6.45, 7) is 3.11. The molecule has 0 amide bonds. The molecule has 1 aliphatic heterocycles. The molecule has 1 atom stereocenters. The second kappa shape index (κ2) is 8.66. The van der Waals surface area contributed by atoms with E-state index < -0.39 is 6.61 Å². The molecular weight excluding hydrogens is 326 g/mol. The number of methoxy groups -OCH3 is 1. The van der Waals surface area contributed by atoms with Gasteiger partial charge in [0.1, 0.15) is 0 Å². The van der Waals surface area contributed by atoms with E-state index in [1.807, 2.05) is 13.1 Å². The van der Waals surface area contributed by atoms with Gasteiger partial charge in [0.25, 0.3) is 0 Å². The molecule has 7 heteroatoms. The summed E-state index contributed by atoms with van der Waals surface area (Å²) < 4.78 is 34.5. The van der Waals surface area contributed by atoms with Crippen LogP contribution in [0.1, 0.15) is 18.9 Å². The average Bonchev–Trinajstić information content (AvgIpc) is 2.84. The molecule has 1 heterocycles. The number of rotatable bonds is 7. The largest absolute Gasteiger partial charge is 0.493 e. The van der Waals surface area contributed by atoms with Crippen LogP contribution >= 0.6 is 12.4 Å². The molecule has 4 nitrogen and oxygen atoms in total. The van der Waals surface area contributed by atoms with Crippen LogP contribution in [0.4, 0.5) is 8.78 Å². The minimum atomic E-state index is -2.86. The van der Waals surface area contributed by atoms with Crippen LogP contribution in [0.3, 0.4) is 0 Å². The van der Waals surface area contributed by atoms with Gasteiger partial charge in [-0.05, 0) is 43.1 Å². The Hall–Kier alpha value is -1.11. The molecule has 23 heavy (non-hydrogen) atoms. The number of halogens is 3. The fourth-order valence-corrected chi connectivity index (χ4v) is 3.03. The zero-order chi connectivity index (χ0) is 16.2. The van der Waals surface area contributed by atoms with Crippen molar-refractivity contribution in [2.24, 2.45) is 5.41 Å². The zero-order valence-electron chi connectivity index (χ0n) is 13.8. The lowest BCUT2D eigenvalue weighted by molar-refractivity contribution is -0.0512. The van der Waals surface area contributed by atoms with Gasteiger partial charge in [0, 0.05) is 19.6 Å². The maximum absolute atomic E-state index is 12.5. The van der Waals surface area contributed by atoms with E-state index in [9.17, 15) is 8.78 Å². The summed E-state index contributed by atoms with van der Waals surface area (Å²) in [5, 5.41) is 3.38. The molecule has 1 N–H and O–H groups in total. The molecule has 0 radical (unpaired) electrons. The summed E-state index contributed by atoms with van der Waals surface area (Å²) in [7, 11) is 3.48. The number of alkyl halides is 2. The molecule has 1 fully saturated rings. The van der Waals surface area contributed by atoms with Crippen LogP contribution in [0.2, 0.25) is 0 Å². The van der Waals surface area contributed by atoms with Crippen LogP contribution < -0.4 is 14.8 Å². The van der Waals surface area contributed by atoms with Crippen molar-refractivity contribution in [1.82, 2.24) is 10.2 Å². The van der Waals surface area contributed by atoms with Gasteiger partial charge >= 0.3 is 6.61 Å². The molecule has 0 spiro atoms. The topological polar surface area (TPSA) is 33.7 Å². The van der Waals surface area contributed by atoms with Crippen LogP contribution in [-0.2, 0) is 6.54 Å². The maximum atomic E-state index is 12.5. The van der Waals surface area contributed by atoms with E-state index in [2.05, 4.69) is 21.9 Å². The molecule has 0 saturated carbocycles. The molecular formula is C16H25ClF2N2O2. The van der Waals surface area contributed by atoms with Crippen LogP contribution in [-0.4, -0.2) is 45.3 Å². The van der Waals surface area contributed by atoms with Crippen molar-refractivity contribution < 1.29 is 18.3 Å². The lowest BCUT2D eigenvalue weighted by Gasteiger charge is -2.29. The highest BCUT2D eigenvalue weighted by molar-refractivity contribution is 5.85. The highest BCUT2D eigenvalue weighted by Gasteiger charge is 2.29. The van der Waals surface area contributed by atoms with Crippen molar-refractivity contribution in [1.29, 1.82) is 0 Å². The number of nitrogens with zero attached hydrogens (tertiary/aromatic N) is 1. The Bertz CT molecular complexity index is 497. The Morgan fingerprint density at radius 3 is 2.65 bits per heavy atom. The predicted molar refractivity (Wildman–Crippen MR) is 88.8 cm³/mol. The summed E-state index contributed by atoms with van der Waals surface area (Å²) in [6, 6.07) is 5.17. The number of hydrogen-bond donors (Lipinski definition) is 1. The van der Waals surface area contributed by atoms with E-state index in [4.69, 9.17) is 4.74 Å². The molecule has 1 aromatic rings. The first-order valence-electron chi connectivity index (χ1n) is 7.43. The monoisotopic (exact) mass is 350 g/mol. The molecule has 0 aliphatic carbocycles. The molecule has 1 saturated heterocycles. The standard InChI is InChI=1S/C16H24F2N2O2.ClH/c1-16(6-7-19-10-16)11-20(2)9-12-4-5-13(21-3)14(8-12)22-15(17)18;/h4-5,8,15,19H,6-7,9-11H2,1-3H3;1H. The maximum Gasteiger partial charge on any atom is 0.387 e. The third kappa shape index (κ3) is 5.79. The minimum absolute atomic E-state index is 0. The number of ether oxygens (including phenoxy) is 2. The smallest absolute Gasteiger partial charge is 0.387 e. The van der Waals surface area contributed by atoms with Gasteiger partial charge in [-0.2, -0.15) is 8.78 Å². The first-order valence-corrected chi connectivity index (χ1v) is 7.43. The molecule has 132 valence electrons. The Labute approximate surface area is 142 Å². The first kappa shape index (κ1) is 19.9. The van der Waals surface area contributed by atoms with E-state index in [1.165, 1.54) is 7.11 Å². The quantitative estimate of drug-likeness (QED) is 0.819. The zero-order valence-corrected chi connectivity index (χ0v) is 14.6. The second-order valence-electron chi connectivity index (χ2n) is 6.27. The van der Waals surface area contributed by atoms with Crippen LogP contribution in [0.5, 0.6) is 11.5 Å². The highest BCUT2D eigenvalue weighted by atomic mass is 35.5. The minimum Gasteiger partial charge on any atom is -0.493 e. The first-order chi connectivity index (χ1) is 10.4. The molecule has 0 bridgehead atoms. The Balaban J connectivity index is 0.00000264. The van der Waals surface area contributed by atoms with Gasteiger partial charge in [0.15, 0.2) is 11.5 Å². The van der Waals surface area contributed by atoms with Crippen LogP contribution in [0, 0.1) is 5.41 Å². The van der Waals surface area contributed by atoms with Gasteiger partial charge in [0.2, 0.25) is 0 Å². The number of benzene rings is 1. The van der Waals surface area contributed by atoms with Crippen LogP contribution in [0.25, 0.3) is 0 Å². The van der Waals surface area contributed by atoms with Crippen molar-refractivity contribution in [3.8, 4) is 11.5 Å². The Kier molecular flexibility index (Phi) is 7.51. The van der Waals surface area contributed by atoms with E-state index >= 15 is 0 Å². The van der Waals surface area contributed by atoms with Gasteiger partial charge in [-0.25, -0.2) is 0 Å².